The third kappa shape index (κ3) is 5.91. The zero-order valence-electron chi connectivity index (χ0n) is 24.9. The van der Waals surface area contributed by atoms with Crippen LogP contribution in [0.3, 0.4) is 0 Å². The number of Topliss-reactive ketones (excluding diaryl/α,β-unsaturated/α-hetero) is 2. The fourth-order valence-electron chi connectivity index (χ4n) is 7.34. The third-order valence-electron chi connectivity index (χ3n) is 9.80. The summed E-state index contributed by atoms with van der Waals surface area (Å²) in [6.45, 7) is -0.694. The molecule has 7 atom stereocenters. The smallest absolute Gasteiger partial charge is 0.229 e. The number of aliphatic hydroxyl groups is 5. The Kier molecular flexibility index (Phi) is 8.82. The molecule has 11 nitrogen and oxygen atoms in total. The van der Waals surface area contributed by atoms with Gasteiger partial charge in [0.15, 0.2) is 11.6 Å². The van der Waals surface area contributed by atoms with Gasteiger partial charge in [-0.1, -0.05) is 50.3 Å². The third-order valence-corrected chi connectivity index (χ3v) is 9.80. The summed E-state index contributed by atoms with van der Waals surface area (Å²) >= 11 is 0. The maximum Gasteiger partial charge on any atom is 0.229 e. The molecule has 2 heterocycles. The summed E-state index contributed by atoms with van der Waals surface area (Å²) in [5.74, 6) is -2.31. The lowest BCUT2D eigenvalue weighted by molar-refractivity contribution is -0.315. The first-order valence-electron chi connectivity index (χ1n) is 15.6. The van der Waals surface area contributed by atoms with Crippen molar-refractivity contribution in [2.24, 2.45) is 17.8 Å². The van der Waals surface area contributed by atoms with E-state index < -0.39 is 54.4 Å². The minimum Gasteiger partial charge on any atom is -0.511 e. The predicted molar refractivity (Wildman–Crippen MR) is 162 cm³/mol. The van der Waals surface area contributed by atoms with Crippen LogP contribution in [0.25, 0.3) is 0 Å². The molecule has 0 radical (unpaired) electrons. The molecule has 0 spiro atoms. The number of benzene rings is 1. The molecule has 11 heteroatoms. The summed E-state index contributed by atoms with van der Waals surface area (Å²) in [6, 6.07) is 7.79. The van der Waals surface area contributed by atoms with Crippen molar-refractivity contribution in [2.45, 2.75) is 81.6 Å². The number of carbonyl (C=O) groups excluding carboxylic acids is 2. The SMILES string of the molecule is Nc1cc(CC[C@]2(O)[C@H](O)[C@@H](CO)O[C@@H](Oc3cccc4c3C(=O)[C@@H]3C(O)=CC(CC5CCCCC5)=C[C@@H]3C4=O)[C@@H]2O)ccn1. The van der Waals surface area contributed by atoms with Crippen LogP contribution in [0.2, 0.25) is 0 Å². The van der Waals surface area contributed by atoms with Gasteiger partial charge >= 0.3 is 0 Å². The number of allylic oxidation sites excluding steroid dienone is 4. The van der Waals surface area contributed by atoms with E-state index in [4.69, 9.17) is 15.2 Å². The van der Waals surface area contributed by atoms with Crippen LogP contribution >= 0.6 is 0 Å². The normalized spacial score (nSPS) is 31.9. The number of aromatic nitrogens is 1. The molecule has 1 aromatic carbocycles. The van der Waals surface area contributed by atoms with Gasteiger partial charge in [0.25, 0.3) is 0 Å². The number of nitrogens with zero attached hydrogens (tertiary/aromatic N) is 1. The number of aliphatic hydroxyl groups excluding tert-OH is 4. The number of hydrogen-bond acceptors (Lipinski definition) is 11. The zero-order chi connectivity index (χ0) is 31.9. The van der Waals surface area contributed by atoms with Crippen LogP contribution in [-0.4, -0.2) is 78.9 Å². The summed E-state index contributed by atoms with van der Waals surface area (Å²) in [7, 11) is 0. The second-order valence-corrected chi connectivity index (χ2v) is 12.7. The maximum absolute atomic E-state index is 13.9. The second-order valence-electron chi connectivity index (χ2n) is 12.7. The Morgan fingerprint density at radius 2 is 1.84 bits per heavy atom. The molecule has 45 heavy (non-hydrogen) atoms. The number of pyridine rings is 1. The highest BCUT2D eigenvalue weighted by Crippen LogP contribution is 2.44. The van der Waals surface area contributed by atoms with E-state index in [-0.39, 0.29) is 47.1 Å². The standard InChI is InChI=1S/C34H40N2O9/c35-26-16-19(10-12-36-26)9-11-34(43)31(41)25(17-37)45-33(32(34)42)44-24-8-4-7-21-28(24)30(40)27-22(29(21)39)14-20(15-23(27)38)13-18-5-2-1-3-6-18/h4,7-8,10,12,14-16,18,22,25,27,31-33,37-38,41-43H,1-3,5-6,9,11,13,17H2,(H2,35,36)/t22-,25+,27-,31+,32-,33+,34-/m0/s1. The van der Waals surface area contributed by atoms with Crippen molar-refractivity contribution < 1.29 is 44.6 Å². The van der Waals surface area contributed by atoms with Crippen LogP contribution in [0.1, 0.15) is 71.2 Å². The van der Waals surface area contributed by atoms with E-state index in [9.17, 15) is 35.1 Å². The van der Waals surface area contributed by atoms with Crippen LogP contribution in [-0.2, 0) is 11.2 Å². The molecule has 1 saturated carbocycles. The lowest BCUT2D eigenvalue weighted by atomic mass is 9.69. The maximum atomic E-state index is 13.9. The average Bonchev–Trinajstić information content (AvgIpc) is 3.03. The summed E-state index contributed by atoms with van der Waals surface area (Å²) in [6.07, 6.45) is 5.03. The molecular weight excluding hydrogens is 580 g/mol. The van der Waals surface area contributed by atoms with Gasteiger partial charge < -0.3 is 40.7 Å². The molecule has 7 N–H and O–H groups in total. The van der Waals surface area contributed by atoms with Crippen molar-refractivity contribution in [1.82, 2.24) is 4.98 Å². The van der Waals surface area contributed by atoms with Gasteiger partial charge in [-0.25, -0.2) is 4.98 Å². The van der Waals surface area contributed by atoms with E-state index >= 15 is 0 Å². The molecule has 6 rings (SSSR count). The fourth-order valence-corrected chi connectivity index (χ4v) is 7.34. The summed E-state index contributed by atoms with van der Waals surface area (Å²) < 4.78 is 11.7. The van der Waals surface area contributed by atoms with E-state index in [1.165, 1.54) is 37.6 Å². The number of aryl methyl sites for hydroxylation is 1. The molecule has 2 fully saturated rings. The first-order chi connectivity index (χ1) is 21.6. The molecule has 240 valence electrons. The molecule has 0 amide bonds. The Morgan fingerprint density at radius 1 is 1.07 bits per heavy atom. The van der Waals surface area contributed by atoms with E-state index in [1.54, 1.807) is 24.3 Å². The van der Waals surface area contributed by atoms with E-state index in [0.29, 0.717) is 11.5 Å². The molecule has 4 aliphatic rings. The Bertz CT molecular complexity index is 1520. The summed E-state index contributed by atoms with van der Waals surface area (Å²) in [5.41, 5.74) is 5.19. The van der Waals surface area contributed by atoms with E-state index in [0.717, 1.165) is 24.8 Å². The van der Waals surface area contributed by atoms with Gasteiger partial charge in [0, 0.05) is 11.8 Å². The van der Waals surface area contributed by atoms with Gasteiger partial charge in [-0.3, -0.25) is 9.59 Å². The number of rotatable bonds is 8. The number of nitrogens with two attached hydrogens (primary N) is 1. The van der Waals surface area contributed by atoms with Crippen LogP contribution in [0.15, 0.2) is 60.0 Å². The summed E-state index contributed by atoms with van der Waals surface area (Å²) in [4.78, 5) is 31.6. The number of anilines is 1. The number of carbonyl (C=O) groups is 2. The average molecular weight is 621 g/mol. The lowest BCUT2D eigenvalue weighted by Crippen LogP contribution is -2.68. The van der Waals surface area contributed by atoms with Crippen molar-refractivity contribution in [3.05, 3.63) is 76.7 Å². The van der Waals surface area contributed by atoms with Crippen LogP contribution in [0.4, 0.5) is 5.82 Å². The lowest BCUT2D eigenvalue weighted by Gasteiger charge is -2.48. The molecule has 2 aromatic rings. The minimum atomic E-state index is -2.18. The Morgan fingerprint density at radius 3 is 2.58 bits per heavy atom. The van der Waals surface area contributed by atoms with E-state index in [2.05, 4.69) is 4.98 Å². The molecule has 0 bridgehead atoms. The molecule has 1 saturated heterocycles. The van der Waals surface area contributed by atoms with Gasteiger partial charge in [0.2, 0.25) is 6.29 Å². The van der Waals surface area contributed by atoms with Crippen molar-refractivity contribution in [3.8, 4) is 5.75 Å². The van der Waals surface area contributed by atoms with Crippen LogP contribution in [0, 0.1) is 17.8 Å². The number of hydrogen-bond donors (Lipinski definition) is 6. The Balaban J connectivity index is 1.26. The van der Waals surface area contributed by atoms with Crippen LogP contribution in [0.5, 0.6) is 5.75 Å². The molecular formula is C34H40N2O9. The fraction of sp³-hybridized carbons (Fsp3) is 0.500. The highest BCUT2D eigenvalue weighted by atomic mass is 16.7. The molecule has 3 aliphatic carbocycles. The predicted octanol–water partition coefficient (Wildman–Crippen LogP) is 2.81. The first-order valence-corrected chi connectivity index (χ1v) is 15.6. The minimum absolute atomic E-state index is 0.0638. The molecule has 1 aliphatic heterocycles. The van der Waals surface area contributed by atoms with Gasteiger partial charge in [0.1, 0.15) is 41.2 Å². The van der Waals surface area contributed by atoms with Crippen molar-refractivity contribution >= 4 is 17.4 Å². The van der Waals surface area contributed by atoms with Gasteiger partial charge in [-0.05, 0) is 60.6 Å². The largest absolute Gasteiger partial charge is 0.511 e. The highest BCUT2D eigenvalue weighted by molar-refractivity contribution is 6.19. The van der Waals surface area contributed by atoms with E-state index in [1.807, 2.05) is 6.08 Å². The van der Waals surface area contributed by atoms with Gasteiger partial charge in [-0.15, -0.1) is 0 Å². The number of ketones is 2. The van der Waals surface area contributed by atoms with Crippen molar-refractivity contribution in [1.29, 1.82) is 0 Å². The Labute approximate surface area is 261 Å². The zero-order valence-corrected chi connectivity index (χ0v) is 24.9. The number of ether oxygens (including phenoxy) is 2. The molecule has 1 aromatic heterocycles. The summed E-state index contributed by atoms with van der Waals surface area (Å²) in [5, 5.41) is 54.8. The number of fused-ring (bicyclic) bond motifs is 2. The Hall–Kier alpha value is -3.61. The monoisotopic (exact) mass is 620 g/mol. The van der Waals surface area contributed by atoms with Gasteiger partial charge in [-0.2, -0.15) is 0 Å². The van der Waals surface area contributed by atoms with Crippen molar-refractivity contribution in [3.63, 3.8) is 0 Å². The number of nitrogen functional groups attached to an aromatic ring is 1. The van der Waals surface area contributed by atoms with Gasteiger partial charge in [0.05, 0.1) is 24.0 Å². The first kappa shape index (κ1) is 31.4. The quantitative estimate of drug-likeness (QED) is 0.254. The highest BCUT2D eigenvalue weighted by Gasteiger charge is 2.56. The van der Waals surface area contributed by atoms with Crippen molar-refractivity contribution in [2.75, 3.05) is 12.3 Å². The second kappa shape index (κ2) is 12.6. The molecule has 0 unspecified atom stereocenters. The van der Waals surface area contributed by atoms with Crippen LogP contribution < -0.4 is 10.5 Å². The topological polar surface area (TPSA) is 193 Å².